The van der Waals surface area contributed by atoms with Gasteiger partial charge in [0.25, 0.3) is 10.0 Å². The van der Waals surface area contributed by atoms with Gasteiger partial charge in [0.2, 0.25) is 4.34 Å². The van der Waals surface area contributed by atoms with Crippen LogP contribution in [0.25, 0.3) is 0 Å². The minimum absolute atomic E-state index is 0.0369. The van der Waals surface area contributed by atoms with Crippen molar-refractivity contribution in [3.63, 3.8) is 0 Å². The van der Waals surface area contributed by atoms with E-state index in [2.05, 4.69) is 38.8 Å². The van der Waals surface area contributed by atoms with E-state index in [4.69, 9.17) is 5.14 Å². The molecule has 7 heteroatoms. The summed E-state index contributed by atoms with van der Waals surface area (Å²) in [6, 6.07) is 0. The maximum absolute atomic E-state index is 11.3. The minimum Gasteiger partial charge on any atom is -0.230 e. The van der Waals surface area contributed by atoms with Gasteiger partial charge in [-0.05, 0) is 12.0 Å². The monoisotopic (exact) mass is 292 g/mol. The van der Waals surface area contributed by atoms with Gasteiger partial charge >= 0.3 is 0 Å². The largest absolute Gasteiger partial charge is 0.265 e. The van der Waals surface area contributed by atoms with Gasteiger partial charge in [-0.15, -0.1) is 11.3 Å². The lowest BCUT2D eigenvalue weighted by Crippen LogP contribution is -2.49. The second-order valence-electron chi connectivity index (χ2n) is 5.81. The molecule has 0 amide bonds. The maximum Gasteiger partial charge on any atom is 0.265 e. The van der Waals surface area contributed by atoms with E-state index in [0.717, 1.165) is 10.2 Å². The minimum atomic E-state index is -3.68. The average molecular weight is 293 g/mol. The van der Waals surface area contributed by atoms with Gasteiger partial charge in [0, 0.05) is 10.2 Å². The fourth-order valence-electron chi connectivity index (χ4n) is 1.41. The van der Waals surface area contributed by atoms with Crippen molar-refractivity contribution in [3.8, 4) is 0 Å². The first-order valence-corrected chi connectivity index (χ1v) is 10.7. The molecule has 0 aliphatic rings. The van der Waals surface area contributed by atoms with E-state index in [1.54, 1.807) is 0 Å². The molecule has 0 aliphatic carbocycles. The molecule has 0 saturated heterocycles. The molecule has 0 saturated carbocycles. The zero-order valence-electron chi connectivity index (χ0n) is 11.2. The van der Waals surface area contributed by atoms with Crippen molar-refractivity contribution in [2.45, 2.75) is 50.2 Å². The molecule has 1 aromatic rings. The zero-order chi connectivity index (χ0) is 13.6. The summed E-state index contributed by atoms with van der Waals surface area (Å²) >= 11 is 1.24. The Hall–Kier alpha value is -0.243. The number of nitrogens with two attached hydrogens (primary N) is 1. The molecule has 0 atom stereocenters. The van der Waals surface area contributed by atoms with Crippen molar-refractivity contribution in [1.29, 1.82) is 0 Å². The number of rotatable bonds is 2. The lowest BCUT2D eigenvalue weighted by molar-refractivity contribution is 0.597. The van der Waals surface area contributed by atoms with Crippen molar-refractivity contribution in [3.05, 3.63) is 5.69 Å². The SMILES string of the molecule is Cc1nc(S(N)(=O)=O)sc1[Si](C)(C)C(C)(C)C. The van der Waals surface area contributed by atoms with Crippen LogP contribution in [-0.4, -0.2) is 21.5 Å². The predicted octanol–water partition coefficient (Wildman–Crippen LogP) is 1.81. The normalized spacial score (nSPS) is 14.1. The summed E-state index contributed by atoms with van der Waals surface area (Å²) in [5.41, 5.74) is 0.811. The summed E-state index contributed by atoms with van der Waals surface area (Å²) in [5.74, 6) is 0. The summed E-state index contributed by atoms with van der Waals surface area (Å²) in [6.45, 7) is 12.9. The average Bonchev–Trinajstić information content (AvgIpc) is 2.44. The number of sulfonamides is 1. The van der Waals surface area contributed by atoms with Crippen LogP contribution in [0.4, 0.5) is 0 Å². The number of hydrogen-bond donors (Lipinski definition) is 1. The number of thiazole rings is 1. The highest BCUT2D eigenvalue weighted by Gasteiger charge is 2.40. The lowest BCUT2D eigenvalue weighted by Gasteiger charge is -2.36. The van der Waals surface area contributed by atoms with Crippen LogP contribution in [0.15, 0.2) is 4.34 Å². The maximum atomic E-state index is 11.3. The van der Waals surface area contributed by atoms with Crippen LogP contribution in [0.3, 0.4) is 0 Å². The molecule has 1 heterocycles. The summed E-state index contributed by atoms with van der Waals surface area (Å²) in [6.07, 6.45) is 0. The van der Waals surface area contributed by atoms with Crippen LogP contribution < -0.4 is 9.64 Å². The molecular formula is C10H20N2O2S2Si. The van der Waals surface area contributed by atoms with Crippen molar-refractivity contribution in [2.24, 2.45) is 5.14 Å². The summed E-state index contributed by atoms with van der Waals surface area (Å²) < 4.78 is 23.8. The molecule has 1 aromatic heterocycles. The molecule has 4 nitrogen and oxygen atoms in total. The van der Waals surface area contributed by atoms with E-state index in [1.165, 1.54) is 11.3 Å². The number of primary sulfonamides is 1. The molecule has 1 rings (SSSR count). The Morgan fingerprint density at radius 1 is 1.29 bits per heavy atom. The molecule has 0 unspecified atom stereocenters. The Bertz CT molecular complexity index is 527. The van der Waals surface area contributed by atoms with Gasteiger partial charge < -0.3 is 0 Å². The van der Waals surface area contributed by atoms with E-state index in [-0.39, 0.29) is 9.38 Å². The topological polar surface area (TPSA) is 73.0 Å². The first kappa shape index (κ1) is 14.8. The fraction of sp³-hybridized carbons (Fsp3) is 0.700. The van der Waals surface area contributed by atoms with Gasteiger partial charge in [-0.3, -0.25) is 0 Å². The third-order valence-electron chi connectivity index (χ3n) is 3.46. The van der Waals surface area contributed by atoms with E-state index in [9.17, 15) is 8.42 Å². The second-order valence-corrected chi connectivity index (χ2v) is 14.2. The molecular weight excluding hydrogens is 272 g/mol. The van der Waals surface area contributed by atoms with E-state index in [0.29, 0.717) is 0 Å². The Labute approximate surface area is 108 Å². The summed E-state index contributed by atoms with van der Waals surface area (Å²) in [4.78, 5) is 4.10. The molecule has 17 heavy (non-hydrogen) atoms. The molecule has 0 spiro atoms. The summed E-state index contributed by atoms with van der Waals surface area (Å²) in [5, 5.41) is 5.28. The fourth-order valence-corrected chi connectivity index (χ4v) is 7.04. The van der Waals surface area contributed by atoms with Crippen LogP contribution in [-0.2, 0) is 10.0 Å². The molecule has 0 radical (unpaired) electrons. The quantitative estimate of drug-likeness (QED) is 0.845. The zero-order valence-corrected chi connectivity index (χ0v) is 13.8. The van der Waals surface area contributed by atoms with Crippen molar-refractivity contribution >= 4 is 33.9 Å². The predicted molar refractivity (Wildman–Crippen MR) is 75.1 cm³/mol. The van der Waals surface area contributed by atoms with Crippen LogP contribution in [0.1, 0.15) is 26.5 Å². The molecule has 0 bridgehead atoms. The van der Waals surface area contributed by atoms with Crippen molar-refractivity contribution in [2.75, 3.05) is 0 Å². The number of nitrogens with zero attached hydrogens (tertiary/aromatic N) is 1. The highest BCUT2D eigenvalue weighted by molar-refractivity contribution is 7.91. The van der Waals surface area contributed by atoms with Crippen LogP contribution in [0.2, 0.25) is 18.1 Å². The molecule has 0 aromatic carbocycles. The van der Waals surface area contributed by atoms with Gasteiger partial charge in [0.05, 0.1) is 0 Å². The van der Waals surface area contributed by atoms with Crippen LogP contribution >= 0.6 is 11.3 Å². The highest BCUT2D eigenvalue weighted by Crippen LogP contribution is 2.37. The standard InChI is InChI=1S/C10H20N2O2S2Si/c1-7-8(17(5,6)10(2,3)4)15-9(12-7)16(11,13)14/h1-6H3,(H2,11,13,14). The number of hydrogen-bond acceptors (Lipinski definition) is 4. The first-order valence-electron chi connectivity index (χ1n) is 5.38. The molecule has 98 valence electrons. The smallest absolute Gasteiger partial charge is 0.230 e. The van der Waals surface area contributed by atoms with Crippen LogP contribution in [0.5, 0.6) is 0 Å². The van der Waals surface area contributed by atoms with Gasteiger partial charge in [-0.2, -0.15) is 0 Å². The van der Waals surface area contributed by atoms with Crippen molar-refractivity contribution in [1.82, 2.24) is 4.98 Å². The number of aryl methyl sites for hydroxylation is 1. The molecule has 0 aliphatic heterocycles. The van der Waals surface area contributed by atoms with Gasteiger partial charge in [0.1, 0.15) is 8.07 Å². The summed E-state index contributed by atoms with van der Waals surface area (Å²) in [7, 11) is -5.43. The Kier molecular flexibility index (Phi) is 3.62. The van der Waals surface area contributed by atoms with E-state index in [1.807, 2.05) is 6.92 Å². The van der Waals surface area contributed by atoms with E-state index < -0.39 is 18.1 Å². The first-order chi connectivity index (χ1) is 7.37. The van der Waals surface area contributed by atoms with Gasteiger partial charge in [0.15, 0.2) is 0 Å². The Morgan fingerprint density at radius 3 is 2.06 bits per heavy atom. The lowest BCUT2D eigenvalue weighted by atomic mass is 10.2. The van der Waals surface area contributed by atoms with E-state index >= 15 is 0 Å². The number of aromatic nitrogens is 1. The third kappa shape index (κ3) is 2.78. The third-order valence-corrected chi connectivity index (χ3v) is 12.8. The molecule has 0 fully saturated rings. The van der Waals surface area contributed by atoms with Gasteiger partial charge in [-0.25, -0.2) is 18.5 Å². The van der Waals surface area contributed by atoms with Crippen molar-refractivity contribution < 1.29 is 8.42 Å². The molecule has 2 N–H and O–H groups in total. The Balaban J connectivity index is 3.40. The Morgan fingerprint density at radius 2 is 1.76 bits per heavy atom. The van der Waals surface area contributed by atoms with Crippen LogP contribution in [0, 0.1) is 6.92 Å². The highest BCUT2D eigenvalue weighted by atomic mass is 32.2. The van der Waals surface area contributed by atoms with Gasteiger partial charge in [-0.1, -0.05) is 33.9 Å². The second kappa shape index (κ2) is 4.15.